The summed E-state index contributed by atoms with van der Waals surface area (Å²) in [6, 6.07) is 6.93. The molecule has 0 bridgehead atoms. The largest absolute Gasteiger partial charge is 0.412 e. The van der Waals surface area contributed by atoms with Gasteiger partial charge in [0.2, 0.25) is 0 Å². The van der Waals surface area contributed by atoms with Gasteiger partial charge in [-0.25, -0.2) is 4.79 Å². The fourth-order valence-electron chi connectivity index (χ4n) is 2.96. The Morgan fingerprint density at radius 3 is 2.48 bits per heavy atom. The molecule has 0 spiro atoms. The van der Waals surface area contributed by atoms with Crippen molar-refractivity contribution in [3.8, 4) is 5.75 Å². The van der Waals surface area contributed by atoms with E-state index in [1.165, 1.54) is 6.42 Å². The predicted molar refractivity (Wildman–Crippen MR) is 100 cm³/mol. The first-order valence-corrected chi connectivity index (χ1v) is 9.41. The van der Waals surface area contributed by atoms with Gasteiger partial charge in [0.1, 0.15) is 5.75 Å². The number of hydrogen-bond donors (Lipinski definition) is 1. The van der Waals surface area contributed by atoms with E-state index in [1.807, 2.05) is 0 Å². The molecule has 1 aromatic carbocycles. The van der Waals surface area contributed by atoms with Gasteiger partial charge >= 0.3 is 6.09 Å². The maximum Gasteiger partial charge on any atom is 0.412 e. The summed E-state index contributed by atoms with van der Waals surface area (Å²) in [5.41, 5.74) is 0. The number of nitrogens with one attached hydrogen (secondary N) is 1. The van der Waals surface area contributed by atoms with Gasteiger partial charge in [-0.2, -0.15) is 0 Å². The van der Waals surface area contributed by atoms with Crippen LogP contribution in [0.1, 0.15) is 38.5 Å². The summed E-state index contributed by atoms with van der Waals surface area (Å²) < 4.78 is 11.2. The van der Waals surface area contributed by atoms with Crippen molar-refractivity contribution in [1.29, 1.82) is 0 Å². The van der Waals surface area contributed by atoms with Crippen molar-refractivity contribution in [1.82, 2.24) is 10.2 Å². The zero-order valence-electron chi connectivity index (χ0n) is 15.2. The molecule has 1 saturated carbocycles. The van der Waals surface area contributed by atoms with Crippen molar-refractivity contribution in [3.63, 3.8) is 0 Å². The van der Waals surface area contributed by atoms with Crippen molar-refractivity contribution in [2.24, 2.45) is 0 Å². The number of amides is 1. The number of carbonyl (C=O) groups excluding carboxylic acids is 1. The second kappa shape index (κ2) is 10.6. The van der Waals surface area contributed by atoms with Crippen LogP contribution in [-0.4, -0.2) is 50.4 Å². The molecule has 0 aliphatic heterocycles. The molecule has 1 aliphatic carbocycles. The topological polar surface area (TPSA) is 50.8 Å². The molecule has 1 amide bonds. The van der Waals surface area contributed by atoms with E-state index >= 15 is 0 Å². The highest BCUT2D eigenvalue weighted by molar-refractivity contribution is 6.30. The standard InChI is InChI=1S/C19H29ClN2O3/c1-22(2)13-3-4-14-24-17-11-7-16(8-12-17)21-19(23)25-18-9-5-15(20)6-10-18/h5-6,9-10,16-17H,3-4,7-8,11-14H2,1-2H3,(H,21,23)/t16-,17-. The van der Waals surface area contributed by atoms with E-state index in [0.717, 1.165) is 45.3 Å². The van der Waals surface area contributed by atoms with E-state index in [-0.39, 0.29) is 6.04 Å². The van der Waals surface area contributed by atoms with E-state index in [9.17, 15) is 4.79 Å². The molecule has 6 heteroatoms. The molecule has 2 rings (SSSR count). The van der Waals surface area contributed by atoms with Crippen LogP contribution in [0.2, 0.25) is 5.02 Å². The fraction of sp³-hybridized carbons (Fsp3) is 0.632. The van der Waals surface area contributed by atoms with Crippen molar-refractivity contribution in [2.75, 3.05) is 27.2 Å². The molecule has 0 aromatic heterocycles. The molecule has 5 nitrogen and oxygen atoms in total. The highest BCUT2D eigenvalue weighted by atomic mass is 35.5. The molecule has 25 heavy (non-hydrogen) atoms. The lowest BCUT2D eigenvalue weighted by Gasteiger charge is -2.29. The summed E-state index contributed by atoms with van der Waals surface area (Å²) in [5.74, 6) is 0.497. The third kappa shape index (κ3) is 8.08. The van der Waals surface area contributed by atoms with Crippen LogP contribution in [0.5, 0.6) is 5.75 Å². The number of carbonyl (C=O) groups is 1. The van der Waals surface area contributed by atoms with Gasteiger partial charge in [-0.05, 0) is 83.4 Å². The Balaban J connectivity index is 1.58. The van der Waals surface area contributed by atoms with E-state index in [4.69, 9.17) is 21.1 Å². The third-order valence-electron chi connectivity index (χ3n) is 4.37. The predicted octanol–water partition coefficient (Wildman–Crippen LogP) is 4.10. The Kier molecular flexibility index (Phi) is 8.52. The number of halogens is 1. The Morgan fingerprint density at radius 1 is 1.16 bits per heavy atom. The lowest BCUT2D eigenvalue weighted by atomic mass is 9.93. The number of benzene rings is 1. The van der Waals surface area contributed by atoms with E-state index in [0.29, 0.717) is 16.9 Å². The lowest BCUT2D eigenvalue weighted by Crippen LogP contribution is -2.40. The van der Waals surface area contributed by atoms with Crippen molar-refractivity contribution < 1.29 is 14.3 Å². The van der Waals surface area contributed by atoms with E-state index in [2.05, 4.69) is 24.3 Å². The van der Waals surface area contributed by atoms with Crippen molar-refractivity contribution in [3.05, 3.63) is 29.3 Å². The minimum atomic E-state index is -0.407. The van der Waals surface area contributed by atoms with Gasteiger partial charge < -0.3 is 19.7 Å². The van der Waals surface area contributed by atoms with Gasteiger partial charge in [0.25, 0.3) is 0 Å². The zero-order valence-corrected chi connectivity index (χ0v) is 15.9. The van der Waals surface area contributed by atoms with E-state index in [1.54, 1.807) is 24.3 Å². The number of rotatable bonds is 8. The van der Waals surface area contributed by atoms with Crippen LogP contribution in [0, 0.1) is 0 Å². The summed E-state index contributed by atoms with van der Waals surface area (Å²) in [7, 11) is 4.18. The minimum Gasteiger partial charge on any atom is -0.410 e. The maximum atomic E-state index is 11.9. The smallest absolute Gasteiger partial charge is 0.410 e. The van der Waals surface area contributed by atoms with E-state index < -0.39 is 6.09 Å². The number of nitrogens with zero attached hydrogens (tertiary/aromatic N) is 1. The molecule has 1 fully saturated rings. The monoisotopic (exact) mass is 368 g/mol. The number of unbranched alkanes of at least 4 members (excludes halogenated alkanes) is 1. The Hall–Kier alpha value is -1.30. The molecule has 1 N–H and O–H groups in total. The van der Waals surface area contributed by atoms with Gasteiger partial charge in [-0.15, -0.1) is 0 Å². The molecular weight excluding hydrogens is 340 g/mol. The molecule has 0 saturated heterocycles. The van der Waals surface area contributed by atoms with Crippen molar-refractivity contribution in [2.45, 2.75) is 50.7 Å². The second-order valence-electron chi connectivity index (χ2n) is 6.84. The summed E-state index contributed by atoms with van der Waals surface area (Å²) in [6.07, 6.45) is 6.01. The first kappa shape index (κ1) is 20.0. The maximum absolute atomic E-state index is 11.9. The fourth-order valence-corrected chi connectivity index (χ4v) is 3.09. The van der Waals surface area contributed by atoms with Gasteiger partial charge in [0, 0.05) is 17.7 Å². The van der Waals surface area contributed by atoms with Crippen LogP contribution in [0.4, 0.5) is 4.79 Å². The highest BCUT2D eigenvalue weighted by Crippen LogP contribution is 2.22. The Morgan fingerprint density at radius 2 is 1.84 bits per heavy atom. The quantitative estimate of drug-likeness (QED) is 0.702. The Bertz CT molecular complexity index is 514. The van der Waals surface area contributed by atoms with Gasteiger partial charge in [-0.3, -0.25) is 0 Å². The van der Waals surface area contributed by atoms with Gasteiger partial charge in [0.15, 0.2) is 0 Å². The average molecular weight is 369 g/mol. The van der Waals surface area contributed by atoms with Crippen LogP contribution < -0.4 is 10.1 Å². The molecule has 0 heterocycles. The van der Waals surface area contributed by atoms with Gasteiger partial charge in [0.05, 0.1) is 6.10 Å². The summed E-state index contributed by atoms with van der Waals surface area (Å²) in [5, 5.41) is 3.55. The van der Waals surface area contributed by atoms with Crippen LogP contribution in [0.25, 0.3) is 0 Å². The molecule has 0 atom stereocenters. The number of hydrogen-bond acceptors (Lipinski definition) is 4. The molecular formula is C19H29ClN2O3. The third-order valence-corrected chi connectivity index (χ3v) is 4.63. The summed E-state index contributed by atoms with van der Waals surface area (Å²) >= 11 is 5.81. The van der Waals surface area contributed by atoms with Crippen LogP contribution in [0.3, 0.4) is 0 Å². The normalized spacial score (nSPS) is 20.5. The Labute approximate surface area is 155 Å². The first-order valence-electron chi connectivity index (χ1n) is 9.03. The average Bonchev–Trinajstić information content (AvgIpc) is 2.58. The lowest BCUT2D eigenvalue weighted by molar-refractivity contribution is 0.0204. The molecule has 1 aromatic rings. The van der Waals surface area contributed by atoms with Crippen LogP contribution >= 0.6 is 11.6 Å². The SMILES string of the molecule is CN(C)CCCCO[C@H]1CC[C@H](NC(=O)Oc2ccc(Cl)cc2)CC1. The second-order valence-corrected chi connectivity index (χ2v) is 7.28. The first-order chi connectivity index (χ1) is 12.0. The van der Waals surface area contributed by atoms with Gasteiger partial charge in [-0.1, -0.05) is 11.6 Å². The van der Waals surface area contributed by atoms with Crippen LogP contribution in [0.15, 0.2) is 24.3 Å². The summed E-state index contributed by atoms with van der Waals surface area (Å²) in [4.78, 5) is 14.1. The molecule has 140 valence electrons. The number of ether oxygens (including phenoxy) is 2. The minimum absolute atomic E-state index is 0.161. The zero-order chi connectivity index (χ0) is 18.1. The molecule has 0 radical (unpaired) electrons. The highest BCUT2D eigenvalue weighted by Gasteiger charge is 2.23. The summed E-state index contributed by atoms with van der Waals surface area (Å²) in [6.45, 7) is 1.94. The molecule has 1 aliphatic rings. The van der Waals surface area contributed by atoms with Crippen LogP contribution in [-0.2, 0) is 4.74 Å². The van der Waals surface area contributed by atoms with Crippen molar-refractivity contribution >= 4 is 17.7 Å². The molecule has 0 unspecified atom stereocenters.